The second-order valence-electron chi connectivity index (χ2n) is 5.18. The molecule has 2 rings (SSSR count). The Labute approximate surface area is 123 Å². The van der Waals surface area contributed by atoms with Gasteiger partial charge in [0.15, 0.2) is 0 Å². The lowest BCUT2D eigenvalue weighted by Crippen LogP contribution is -2.40. The average molecular weight is 322 g/mol. The molecule has 1 aliphatic carbocycles. The highest BCUT2D eigenvalue weighted by Gasteiger charge is 2.24. The molecule has 0 saturated heterocycles. The van der Waals surface area contributed by atoms with Crippen LogP contribution < -0.4 is 10.2 Å². The number of nitriles is 1. The average Bonchev–Trinajstić information content (AvgIpc) is 2.46. The van der Waals surface area contributed by atoms with Crippen molar-refractivity contribution in [3.05, 3.63) is 28.2 Å². The molecule has 102 valence electrons. The maximum Gasteiger partial charge on any atom is 0.101 e. The van der Waals surface area contributed by atoms with Crippen LogP contribution in [0.5, 0.6) is 0 Å². The molecule has 19 heavy (non-hydrogen) atoms. The first-order valence-corrected chi connectivity index (χ1v) is 7.54. The first-order valence-electron chi connectivity index (χ1n) is 6.75. The number of nitrogens with zero attached hydrogens (tertiary/aromatic N) is 2. The molecule has 0 aromatic heterocycles. The molecule has 4 heteroatoms. The van der Waals surface area contributed by atoms with Gasteiger partial charge in [0.05, 0.1) is 11.3 Å². The second kappa shape index (κ2) is 6.40. The van der Waals surface area contributed by atoms with Crippen molar-refractivity contribution in [2.45, 2.75) is 37.8 Å². The number of hydrogen-bond donors (Lipinski definition) is 1. The van der Waals surface area contributed by atoms with Gasteiger partial charge in [-0.3, -0.25) is 0 Å². The summed E-state index contributed by atoms with van der Waals surface area (Å²) in [5.74, 6) is 0. The van der Waals surface area contributed by atoms with Crippen LogP contribution >= 0.6 is 15.9 Å². The number of hydrogen-bond acceptors (Lipinski definition) is 3. The Morgan fingerprint density at radius 1 is 1.32 bits per heavy atom. The van der Waals surface area contributed by atoms with E-state index in [-0.39, 0.29) is 0 Å². The number of anilines is 1. The lowest BCUT2D eigenvalue weighted by molar-refractivity contribution is 0.351. The fraction of sp³-hybridized carbons (Fsp3) is 0.533. The summed E-state index contributed by atoms with van der Waals surface area (Å²) in [6, 6.07) is 9.33. The van der Waals surface area contributed by atoms with Gasteiger partial charge in [-0.25, -0.2) is 0 Å². The Morgan fingerprint density at radius 2 is 2.00 bits per heavy atom. The number of nitrogens with one attached hydrogen (secondary N) is 1. The van der Waals surface area contributed by atoms with Crippen LogP contribution in [0.25, 0.3) is 0 Å². The first kappa shape index (κ1) is 14.4. The van der Waals surface area contributed by atoms with Gasteiger partial charge >= 0.3 is 0 Å². The zero-order valence-electron chi connectivity index (χ0n) is 11.5. The van der Waals surface area contributed by atoms with E-state index in [1.807, 2.05) is 25.2 Å². The molecule has 0 radical (unpaired) electrons. The molecule has 1 fully saturated rings. The topological polar surface area (TPSA) is 39.1 Å². The van der Waals surface area contributed by atoms with Crippen LogP contribution in [-0.2, 0) is 0 Å². The molecule has 1 aliphatic rings. The van der Waals surface area contributed by atoms with Gasteiger partial charge in [-0.15, -0.1) is 0 Å². The van der Waals surface area contributed by atoms with Crippen molar-refractivity contribution in [2.24, 2.45) is 0 Å². The molecular weight excluding hydrogens is 302 g/mol. The van der Waals surface area contributed by atoms with Crippen LogP contribution in [0.2, 0.25) is 0 Å². The highest BCUT2D eigenvalue weighted by atomic mass is 79.9. The van der Waals surface area contributed by atoms with Gasteiger partial charge < -0.3 is 10.2 Å². The molecule has 0 amide bonds. The Hall–Kier alpha value is -1.05. The Morgan fingerprint density at radius 3 is 2.58 bits per heavy atom. The van der Waals surface area contributed by atoms with Gasteiger partial charge in [-0.2, -0.15) is 5.26 Å². The monoisotopic (exact) mass is 321 g/mol. The molecule has 0 heterocycles. The predicted molar refractivity (Wildman–Crippen MR) is 82.4 cm³/mol. The number of benzene rings is 1. The third-order valence-corrected chi connectivity index (χ3v) is 4.61. The molecule has 1 N–H and O–H groups in total. The summed E-state index contributed by atoms with van der Waals surface area (Å²) in [6.45, 7) is 0. The molecule has 1 aromatic carbocycles. The van der Waals surface area contributed by atoms with E-state index in [0.717, 1.165) is 15.7 Å². The summed E-state index contributed by atoms with van der Waals surface area (Å²) in [4.78, 5) is 2.27. The fourth-order valence-corrected chi connectivity index (χ4v) is 3.19. The van der Waals surface area contributed by atoms with Gasteiger partial charge in [0.25, 0.3) is 0 Å². The van der Waals surface area contributed by atoms with Crippen molar-refractivity contribution in [1.82, 2.24) is 5.32 Å². The zero-order valence-corrected chi connectivity index (χ0v) is 13.1. The van der Waals surface area contributed by atoms with E-state index in [2.05, 4.69) is 39.3 Å². The van der Waals surface area contributed by atoms with Crippen molar-refractivity contribution < 1.29 is 0 Å². The van der Waals surface area contributed by atoms with Crippen LogP contribution in [0.3, 0.4) is 0 Å². The van der Waals surface area contributed by atoms with Gasteiger partial charge in [0.1, 0.15) is 6.07 Å². The standard InChI is InChI=1S/C15H20BrN3/c1-18-13-5-7-14(8-6-13)19(2)15-9-12(16)4-3-11(15)10-17/h3-4,9,13-14,18H,5-8H2,1-2H3. The maximum atomic E-state index is 9.23. The molecule has 1 aromatic rings. The van der Waals surface area contributed by atoms with E-state index >= 15 is 0 Å². The molecule has 0 bridgehead atoms. The summed E-state index contributed by atoms with van der Waals surface area (Å²) in [5, 5.41) is 12.6. The predicted octanol–water partition coefficient (Wildman–Crippen LogP) is 3.29. The van der Waals surface area contributed by atoms with Gasteiger partial charge in [0, 0.05) is 23.6 Å². The van der Waals surface area contributed by atoms with Crippen LogP contribution in [-0.4, -0.2) is 26.2 Å². The second-order valence-corrected chi connectivity index (χ2v) is 6.09. The normalized spacial score (nSPS) is 22.8. The number of halogens is 1. The summed E-state index contributed by atoms with van der Waals surface area (Å²) < 4.78 is 1.03. The largest absolute Gasteiger partial charge is 0.371 e. The van der Waals surface area contributed by atoms with Crippen molar-refractivity contribution in [3.63, 3.8) is 0 Å². The zero-order chi connectivity index (χ0) is 13.8. The van der Waals surface area contributed by atoms with Crippen molar-refractivity contribution in [1.29, 1.82) is 5.26 Å². The van der Waals surface area contributed by atoms with Gasteiger partial charge in [-0.1, -0.05) is 15.9 Å². The molecule has 0 spiro atoms. The third kappa shape index (κ3) is 3.29. The Bertz CT molecular complexity index is 473. The molecule has 1 saturated carbocycles. The number of rotatable bonds is 3. The lowest BCUT2D eigenvalue weighted by Gasteiger charge is -2.36. The fourth-order valence-electron chi connectivity index (χ4n) is 2.84. The lowest BCUT2D eigenvalue weighted by atomic mass is 9.90. The quantitative estimate of drug-likeness (QED) is 0.928. The van der Waals surface area contributed by atoms with Gasteiger partial charge in [0.2, 0.25) is 0 Å². The Kier molecular flexibility index (Phi) is 4.84. The summed E-state index contributed by atoms with van der Waals surface area (Å²) in [5.41, 5.74) is 1.78. The smallest absolute Gasteiger partial charge is 0.101 e. The van der Waals surface area contributed by atoms with Crippen molar-refractivity contribution in [2.75, 3.05) is 19.0 Å². The first-order chi connectivity index (χ1) is 9.15. The van der Waals surface area contributed by atoms with E-state index in [9.17, 15) is 5.26 Å². The van der Waals surface area contributed by atoms with E-state index in [1.54, 1.807) is 0 Å². The van der Waals surface area contributed by atoms with E-state index in [1.165, 1.54) is 25.7 Å². The van der Waals surface area contributed by atoms with E-state index in [4.69, 9.17) is 0 Å². The van der Waals surface area contributed by atoms with E-state index in [0.29, 0.717) is 12.1 Å². The SMILES string of the molecule is CNC1CCC(N(C)c2cc(Br)ccc2C#N)CC1. The van der Waals surface area contributed by atoms with Crippen LogP contribution in [0.1, 0.15) is 31.2 Å². The summed E-state index contributed by atoms with van der Waals surface area (Å²) in [6.07, 6.45) is 4.78. The molecule has 0 aliphatic heterocycles. The van der Waals surface area contributed by atoms with E-state index < -0.39 is 0 Å². The van der Waals surface area contributed by atoms with Crippen LogP contribution in [0.4, 0.5) is 5.69 Å². The highest BCUT2D eigenvalue weighted by molar-refractivity contribution is 9.10. The van der Waals surface area contributed by atoms with Crippen LogP contribution in [0.15, 0.2) is 22.7 Å². The van der Waals surface area contributed by atoms with Crippen molar-refractivity contribution in [3.8, 4) is 6.07 Å². The molecular formula is C15H20BrN3. The highest BCUT2D eigenvalue weighted by Crippen LogP contribution is 2.30. The summed E-state index contributed by atoms with van der Waals surface area (Å²) in [7, 11) is 4.14. The molecule has 0 atom stereocenters. The van der Waals surface area contributed by atoms with Gasteiger partial charge in [-0.05, 0) is 50.9 Å². The minimum absolute atomic E-state index is 0.533. The van der Waals surface area contributed by atoms with Crippen molar-refractivity contribution >= 4 is 21.6 Å². The maximum absolute atomic E-state index is 9.23. The Balaban J connectivity index is 2.14. The summed E-state index contributed by atoms with van der Waals surface area (Å²) >= 11 is 3.49. The van der Waals surface area contributed by atoms with Crippen LogP contribution in [0, 0.1) is 11.3 Å². The molecule has 0 unspecified atom stereocenters. The third-order valence-electron chi connectivity index (χ3n) is 4.11. The molecule has 3 nitrogen and oxygen atoms in total. The minimum atomic E-state index is 0.533. The minimum Gasteiger partial charge on any atom is -0.371 e.